The summed E-state index contributed by atoms with van der Waals surface area (Å²) in [6.07, 6.45) is 11.2. The van der Waals surface area contributed by atoms with Gasteiger partial charge in [-0.15, -0.1) is 6.58 Å². The summed E-state index contributed by atoms with van der Waals surface area (Å²) < 4.78 is 0. The van der Waals surface area contributed by atoms with E-state index in [1.165, 1.54) is 50.5 Å². The van der Waals surface area contributed by atoms with E-state index in [1.807, 2.05) is 0 Å². The summed E-state index contributed by atoms with van der Waals surface area (Å²) in [6.45, 7) is 15.4. The molecule has 0 aliphatic heterocycles. The van der Waals surface area contributed by atoms with E-state index in [0.29, 0.717) is 0 Å². The predicted octanol–water partition coefficient (Wildman–Crippen LogP) is 5.84. The van der Waals surface area contributed by atoms with Crippen molar-refractivity contribution >= 4 is 0 Å². The molecule has 2 unspecified atom stereocenters. The van der Waals surface area contributed by atoms with Crippen LogP contribution in [0.5, 0.6) is 0 Å². The van der Waals surface area contributed by atoms with Gasteiger partial charge in [-0.05, 0) is 44.9 Å². The molecule has 0 aliphatic rings. The van der Waals surface area contributed by atoms with Crippen molar-refractivity contribution in [2.75, 3.05) is 0 Å². The van der Waals surface area contributed by atoms with E-state index in [1.54, 1.807) is 0 Å². The number of hydrogen-bond donors (Lipinski definition) is 1. The lowest BCUT2D eigenvalue weighted by Gasteiger charge is -2.45. The first-order valence-corrected chi connectivity index (χ1v) is 8.22. The summed E-state index contributed by atoms with van der Waals surface area (Å²) in [6, 6.07) is 0. The van der Waals surface area contributed by atoms with Gasteiger partial charge in [0.05, 0.1) is 0 Å². The van der Waals surface area contributed by atoms with Crippen LogP contribution >= 0.6 is 0 Å². The second-order valence-electron chi connectivity index (χ2n) is 7.00. The fraction of sp³-hybridized carbons (Fsp3) is 0.889. The smallest absolute Gasteiger partial charge is 0.0180 e. The topological polar surface area (TPSA) is 26.0 Å². The van der Waals surface area contributed by atoms with Gasteiger partial charge in [0, 0.05) is 5.54 Å². The second kappa shape index (κ2) is 8.79. The molecule has 0 saturated carbocycles. The van der Waals surface area contributed by atoms with Crippen molar-refractivity contribution in [1.29, 1.82) is 0 Å². The van der Waals surface area contributed by atoms with Crippen LogP contribution in [-0.2, 0) is 0 Å². The third-order valence-electron chi connectivity index (χ3n) is 4.83. The Morgan fingerprint density at radius 2 is 1.58 bits per heavy atom. The van der Waals surface area contributed by atoms with Crippen LogP contribution in [0.25, 0.3) is 0 Å². The molecule has 2 atom stereocenters. The first-order chi connectivity index (χ1) is 8.79. The van der Waals surface area contributed by atoms with Crippen LogP contribution in [0.4, 0.5) is 0 Å². The molecule has 1 nitrogen and oxygen atoms in total. The van der Waals surface area contributed by atoms with Crippen LogP contribution in [0.15, 0.2) is 12.2 Å². The van der Waals surface area contributed by atoms with E-state index in [0.717, 1.165) is 12.8 Å². The summed E-state index contributed by atoms with van der Waals surface area (Å²) >= 11 is 0. The molecule has 114 valence electrons. The molecular weight excluding hydrogens is 230 g/mol. The Morgan fingerprint density at radius 3 is 2.05 bits per heavy atom. The van der Waals surface area contributed by atoms with Gasteiger partial charge in [0.25, 0.3) is 0 Å². The number of rotatable bonds is 11. The highest BCUT2D eigenvalue weighted by atomic mass is 14.8. The molecule has 0 spiro atoms. The maximum absolute atomic E-state index is 6.68. The first kappa shape index (κ1) is 18.7. The van der Waals surface area contributed by atoms with Crippen molar-refractivity contribution in [3.63, 3.8) is 0 Å². The zero-order chi connectivity index (χ0) is 14.9. The molecule has 19 heavy (non-hydrogen) atoms. The van der Waals surface area contributed by atoms with Gasteiger partial charge in [0.15, 0.2) is 0 Å². The van der Waals surface area contributed by atoms with Crippen molar-refractivity contribution in [3.05, 3.63) is 12.2 Å². The average molecular weight is 268 g/mol. The Labute approximate surface area is 122 Å². The van der Waals surface area contributed by atoms with Gasteiger partial charge < -0.3 is 5.73 Å². The summed E-state index contributed by atoms with van der Waals surface area (Å²) in [4.78, 5) is 0. The molecule has 0 bridgehead atoms. The van der Waals surface area contributed by atoms with E-state index >= 15 is 0 Å². The Bertz CT molecular complexity index is 254. The lowest BCUT2D eigenvalue weighted by molar-refractivity contribution is 0.115. The first-order valence-electron chi connectivity index (χ1n) is 8.22. The second-order valence-corrected chi connectivity index (χ2v) is 7.00. The van der Waals surface area contributed by atoms with E-state index in [2.05, 4.69) is 41.2 Å². The summed E-state index contributed by atoms with van der Waals surface area (Å²) in [5, 5.41) is 0. The molecule has 0 rings (SSSR count). The number of nitrogens with two attached hydrogens (primary N) is 1. The Balaban J connectivity index is 4.64. The molecule has 0 radical (unpaired) electrons. The molecule has 2 N–H and O–H groups in total. The van der Waals surface area contributed by atoms with E-state index in [-0.39, 0.29) is 11.0 Å². The van der Waals surface area contributed by atoms with Crippen LogP contribution in [0.1, 0.15) is 92.4 Å². The monoisotopic (exact) mass is 267 g/mol. The molecule has 0 aliphatic carbocycles. The van der Waals surface area contributed by atoms with Gasteiger partial charge in [-0.25, -0.2) is 0 Å². The van der Waals surface area contributed by atoms with Gasteiger partial charge in [0.2, 0.25) is 0 Å². The summed E-state index contributed by atoms with van der Waals surface area (Å²) in [5.41, 5.74) is 8.15. The standard InChI is InChI=1S/C18H37N/c1-7-9-10-11-14-17(5,15-12-16(3)4)18(6,19)13-8-2/h3,7-15,19H2,1-2,4-6H3. The van der Waals surface area contributed by atoms with E-state index in [4.69, 9.17) is 5.73 Å². The zero-order valence-corrected chi connectivity index (χ0v) is 14.1. The minimum absolute atomic E-state index is 0.0522. The van der Waals surface area contributed by atoms with Gasteiger partial charge in [-0.2, -0.15) is 0 Å². The Hall–Kier alpha value is -0.300. The van der Waals surface area contributed by atoms with Crippen molar-refractivity contribution in [2.24, 2.45) is 11.1 Å². The number of allylic oxidation sites excluding steroid dienone is 1. The lowest BCUT2D eigenvalue weighted by Crippen LogP contribution is -2.51. The third-order valence-corrected chi connectivity index (χ3v) is 4.83. The fourth-order valence-corrected chi connectivity index (χ4v) is 2.95. The minimum Gasteiger partial charge on any atom is -0.325 e. The quantitative estimate of drug-likeness (QED) is 0.369. The molecule has 0 heterocycles. The molecule has 0 aromatic heterocycles. The third kappa shape index (κ3) is 6.61. The van der Waals surface area contributed by atoms with Gasteiger partial charge in [-0.3, -0.25) is 0 Å². The highest BCUT2D eigenvalue weighted by Gasteiger charge is 2.39. The van der Waals surface area contributed by atoms with Gasteiger partial charge >= 0.3 is 0 Å². The molecule has 1 heteroatoms. The summed E-state index contributed by atoms with van der Waals surface area (Å²) in [5.74, 6) is 0. The number of unbranched alkanes of at least 4 members (excludes halogenated alkanes) is 3. The predicted molar refractivity (Wildman–Crippen MR) is 88.4 cm³/mol. The van der Waals surface area contributed by atoms with Gasteiger partial charge in [0.1, 0.15) is 0 Å². The van der Waals surface area contributed by atoms with Crippen molar-refractivity contribution in [2.45, 2.75) is 97.9 Å². The van der Waals surface area contributed by atoms with E-state index in [9.17, 15) is 0 Å². The summed E-state index contributed by atoms with van der Waals surface area (Å²) in [7, 11) is 0. The van der Waals surface area contributed by atoms with Crippen molar-refractivity contribution < 1.29 is 0 Å². The molecule has 0 amide bonds. The van der Waals surface area contributed by atoms with Crippen LogP contribution in [0.3, 0.4) is 0 Å². The lowest BCUT2D eigenvalue weighted by atomic mass is 9.64. The molecular formula is C18H37N. The average Bonchev–Trinajstić information content (AvgIpc) is 2.32. The molecule has 0 aromatic carbocycles. The highest BCUT2D eigenvalue weighted by Crippen LogP contribution is 2.42. The van der Waals surface area contributed by atoms with Crippen LogP contribution in [0.2, 0.25) is 0 Å². The SMILES string of the molecule is C=C(C)CCC(C)(CCCCCC)C(C)(N)CCC. The molecule has 0 fully saturated rings. The Kier molecular flexibility index (Phi) is 8.65. The highest BCUT2D eigenvalue weighted by molar-refractivity contribution is 5.00. The van der Waals surface area contributed by atoms with Crippen LogP contribution in [-0.4, -0.2) is 5.54 Å². The largest absolute Gasteiger partial charge is 0.325 e. The fourth-order valence-electron chi connectivity index (χ4n) is 2.95. The maximum Gasteiger partial charge on any atom is 0.0180 e. The Morgan fingerprint density at radius 1 is 0.947 bits per heavy atom. The van der Waals surface area contributed by atoms with Gasteiger partial charge in [-0.1, -0.05) is 58.4 Å². The number of hydrogen-bond acceptors (Lipinski definition) is 1. The van der Waals surface area contributed by atoms with Crippen LogP contribution in [0, 0.1) is 5.41 Å². The molecule has 0 aromatic rings. The minimum atomic E-state index is -0.0522. The van der Waals surface area contributed by atoms with Crippen molar-refractivity contribution in [3.8, 4) is 0 Å². The molecule has 0 saturated heterocycles. The normalized spacial score (nSPS) is 17.8. The maximum atomic E-state index is 6.68. The van der Waals surface area contributed by atoms with Crippen LogP contribution < -0.4 is 5.73 Å². The zero-order valence-electron chi connectivity index (χ0n) is 14.1. The van der Waals surface area contributed by atoms with Crippen molar-refractivity contribution in [1.82, 2.24) is 0 Å². The van der Waals surface area contributed by atoms with E-state index < -0.39 is 0 Å².